The van der Waals surface area contributed by atoms with E-state index < -0.39 is 12.0 Å². The van der Waals surface area contributed by atoms with Crippen LogP contribution in [0, 0.1) is 5.92 Å². The Balaban J connectivity index is 1.93. The zero-order valence-corrected chi connectivity index (χ0v) is 16.6. The SMILES string of the molecule is CC[C@H](C)[C@@H](NC(=O)CSc1n[nH]c(-c2ccc(OC)cc2)n1)C(=O)OC. The number of amides is 1. The quantitative estimate of drug-likeness (QED) is 0.498. The molecule has 1 amide bonds. The Bertz CT molecular complexity index is 763. The maximum Gasteiger partial charge on any atom is 0.328 e. The van der Waals surface area contributed by atoms with Crippen molar-refractivity contribution in [2.24, 2.45) is 5.92 Å². The summed E-state index contributed by atoms with van der Waals surface area (Å²) in [6, 6.07) is 6.75. The maximum atomic E-state index is 12.2. The topological polar surface area (TPSA) is 106 Å². The van der Waals surface area contributed by atoms with Gasteiger partial charge in [0, 0.05) is 5.56 Å². The standard InChI is InChI=1S/C18H24N4O4S/c1-5-11(2)15(17(24)26-4)19-14(23)10-27-18-20-16(21-22-18)12-6-8-13(25-3)9-7-12/h6-9,11,15H,5,10H2,1-4H3,(H,19,23)(H,20,21,22)/t11-,15+/m0/s1. The summed E-state index contributed by atoms with van der Waals surface area (Å²) in [6.07, 6.45) is 0.749. The van der Waals surface area contributed by atoms with Crippen LogP contribution >= 0.6 is 11.8 Å². The molecule has 0 spiro atoms. The van der Waals surface area contributed by atoms with E-state index in [2.05, 4.69) is 20.5 Å². The van der Waals surface area contributed by atoms with Crippen LogP contribution in [0.2, 0.25) is 0 Å². The highest BCUT2D eigenvalue weighted by Gasteiger charge is 2.26. The third-order valence-corrected chi connectivity index (χ3v) is 4.99. The number of hydrogen-bond acceptors (Lipinski definition) is 7. The van der Waals surface area contributed by atoms with E-state index in [4.69, 9.17) is 9.47 Å². The highest BCUT2D eigenvalue weighted by Crippen LogP contribution is 2.21. The van der Waals surface area contributed by atoms with Crippen LogP contribution in [0.4, 0.5) is 0 Å². The molecule has 0 aliphatic carbocycles. The Hall–Kier alpha value is -2.55. The van der Waals surface area contributed by atoms with Gasteiger partial charge in [-0.25, -0.2) is 9.78 Å². The lowest BCUT2D eigenvalue weighted by Crippen LogP contribution is -2.46. The van der Waals surface area contributed by atoms with Crippen LogP contribution in [0.1, 0.15) is 20.3 Å². The van der Waals surface area contributed by atoms with Crippen LogP contribution < -0.4 is 10.1 Å². The molecule has 0 saturated carbocycles. The normalized spacial score (nSPS) is 12.9. The second-order valence-corrected chi connectivity index (χ2v) is 6.88. The van der Waals surface area contributed by atoms with Crippen LogP contribution in [-0.4, -0.2) is 53.1 Å². The third-order valence-electron chi connectivity index (χ3n) is 4.15. The fraction of sp³-hybridized carbons (Fsp3) is 0.444. The number of rotatable bonds is 9. The minimum absolute atomic E-state index is 0.0171. The van der Waals surface area contributed by atoms with E-state index in [1.54, 1.807) is 7.11 Å². The van der Waals surface area contributed by atoms with Crippen molar-refractivity contribution in [2.75, 3.05) is 20.0 Å². The molecule has 0 radical (unpaired) electrons. The number of aromatic nitrogens is 3. The number of aromatic amines is 1. The van der Waals surface area contributed by atoms with E-state index in [9.17, 15) is 9.59 Å². The maximum absolute atomic E-state index is 12.2. The monoisotopic (exact) mass is 392 g/mol. The Labute approximate surface area is 162 Å². The van der Waals surface area contributed by atoms with Crippen molar-refractivity contribution in [3.8, 4) is 17.1 Å². The lowest BCUT2D eigenvalue weighted by atomic mass is 9.99. The van der Waals surface area contributed by atoms with Crippen molar-refractivity contribution < 1.29 is 19.1 Å². The number of esters is 1. The molecule has 2 aromatic rings. The molecular formula is C18H24N4O4S. The van der Waals surface area contributed by atoms with Gasteiger partial charge in [0.1, 0.15) is 11.8 Å². The van der Waals surface area contributed by atoms with Gasteiger partial charge in [-0.2, -0.15) is 0 Å². The van der Waals surface area contributed by atoms with Gasteiger partial charge in [0.25, 0.3) is 0 Å². The fourth-order valence-corrected chi connectivity index (χ4v) is 2.94. The lowest BCUT2D eigenvalue weighted by Gasteiger charge is -2.21. The van der Waals surface area contributed by atoms with Crippen molar-refractivity contribution in [3.05, 3.63) is 24.3 Å². The predicted molar refractivity (Wildman–Crippen MR) is 102 cm³/mol. The van der Waals surface area contributed by atoms with Crippen molar-refractivity contribution in [2.45, 2.75) is 31.5 Å². The second kappa shape index (κ2) is 9.96. The van der Waals surface area contributed by atoms with Gasteiger partial charge in [0.15, 0.2) is 5.82 Å². The zero-order valence-electron chi connectivity index (χ0n) is 15.8. The smallest absolute Gasteiger partial charge is 0.328 e. The zero-order chi connectivity index (χ0) is 19.8. The summed E-state index contributed by atoms with van der Waals surface area (Å²) in [7, 11) is 2.92. The van der Waals surface area contributed by atoms with Crippen LogP contribution in [0.15, 0.2) is 29.4 Å². The van der Waals surface area contributed by atoms with Gasteiger partial charge in [-0.15, -0.1) is 5.10 Å². The molecule has 9 heteroatoms. The summed E-state index contributed by atoms with van der Waals surface area (Å²) in [5.74, 6) is 0.730. The Kier molecular flexibility index (Phi) is 7.66. The summed E-state index contributed by atoms with van der Waals surface area (Å²) >= 11 is 1.19. The van der Waals surface area contributed by atoms with Crippen LogP contribution in [0.3, 0.4) is 0 Å². The first-order valence-electron chi connectivity index (χ1n) is 8.55. The number of carbonyl (C=O) groups excluding carboxylic acids is 2. The molecule has 2 atom stereocenters. The van der Waals surface area contributed by atoms with Crippen LogP contribution in [-0.2, 0) is 14.3 Å². The van der Waals surface area contributed by atoms with Crippen LogP contribution in [0.25, 0.3) is 11.4 Å². The molecule has 1 aromatic heterocycles. The Morgan fingerprint density at radius 2 is 1.96 bits per heavy atom. The second-order valence-electron chi connectivity index (χ2n) is 5.94. The lowest BCUT2D eigenvalue weighted by molar-refractivity contribution is -0.146. The molecule has 146 valence electrons. The molecule has 0 aliphatic heterocycles. The molecular weight excluding hydrogens is 368 g/mol. The number of thioether (sulfide) groups is 1. The van der Waals surface area contributed by atoms with Gasteiger partial charge in [0.05, 0.1) is 20.0 Å². The third kappa shape index (κ3) is 5.72. The molecule has 0 bridgehead atoms. The van der Waals surface area contributed by atoms with Gasteiger partial charge < -0.3 is 14.8 Å². The first kappa shape index (κ1) is 20.8. The van der Waals surface area contributed by atoms with E-state index in [1.165, 1.54) is 18.9 Å². The number of nitrogens with one attached hydrogen (secondary N) is 2. The fourth-order valence-electron chi connectivity index (χ4n) is 2.33. The summed E-state index contributed by atoms with van der Waals surface area (Å²) in [4.78, 5) is 28.4. The number of carbonyl (C=O) groups is 2. The molecule has 2 rings (SSSR count). The van der Waals surface area contributed by atoms with Crippen LogP contribution in [0.5, 0.6) is 5.75 Å². The molecule has 2 N–H and O–H groups in total. The van der Waals surface area contributed by atoms with E-state index in [0.717, 1.165) is 17.7 Å². The largest absolute Gasteiger partial charge is 0.497 e. The minimum Gasteiger partial charge on any atom is -0.497 e. The summed E-state index contributed by atoms with van der Waals surface area (Å²) in [5, 5.41) is 10.1. The summed E-state index contributed by atoms with van der Waals surface area (Å²) < 4.78 is 9.90. The highest BCUT2D eigenvalue weighted by molar-refractivity contribution is 7.99. The van der Waals surface area contributed by atoms with Gasteiger partial charge >= 0.3 is 5.97 Å². The number of ether oxygens (including phenoxy) is 2. The number of nitrogens with zero attached hydrogens (tertiary/aromatic N) is 2. The van der Waals surface area contributed by atoms with Gasteiger partial charge in [-0.05, 0) is 30.2 Å². The number of hydrogen-bond donors (Lipinski definition) is 2. The number of H-pyrrole nitrogens is 1. The highest BCUT2D eigenvalue weighted by atomic mass is 32.2. The molecule has 1 heterocycles. The number of methoxy groups -OCH3 is 2. The Morgan fingerprint density at radius 3 is 2.56 bits per heavy atom. The predicted octanol–water partition coefficient (Wildman–Crippen LogP) is 2.28. The Morgan fingerprint density at radius 1 is 1.26 bits per heavy atom. The molecule has 0 aliphatic rings. The van der Waals surface area contributed by atoms with Crippen molar-refractivity contribution in [3.63, 3.8) is 0 Å². The van der Waals surface area contributed by atoms with E-state index in [1.807, 2.05) is 38.1 Å². The molecule has 0 unspecified atom stereocenters. The van der Waals surface area contributed by atoms with Crippen molar-refractivity contribution >= 4 is 23.6 Å². The van der Waals surface area contributed by atoms with E-state index in [-0.39, 0.29) is 17.6 Å². The minimum atomic E-state index is -0.657. The molecule has 0 saturated heterocycles. The molecule has 8 nitrogen and oxygen atoms in total. The number of benzene rings is 1. The van der Waals surface area contributed by atoms with Crippen molar-refractivity contribution in [1.29, 1.82) is 0 Å². The van der Waals surface area contributed by atoms with Crippen molar-refractivity contribution in [1.82, 2.24) is 20.5 Å². The first-order valence-corrected chi connectivity index (χ1v) is 9.53. The van der Waals surface area contributed by atoms with Gasteiger partial charge in [-0.1, -0.05) is 32.0 Å². The molecule has 27 heavy (non-hydrogen) atoms. The molecule has 1 aromatic carbocycles. The average molecular weight is 392 g/mol. The van der Waals surface area contributed by atoms with Gasteiger partial charge in [0.2, 0.25) is 11.1 Å². The summed E-state index contributed by atoms with van der Waals surface area (Å²) in [6.45, 7) is 3.85. The summed E-state index contributed by atoms with van der Waals surface area (Å²) in [5.41, 5.74) is 0.863. The van der Waals surface area contributed by atoms with Gasteiger partial charge in [-0.3, -0.25) is 9.89 Å². The van der Waals surface area contributed by atoms with E-state index >= 15 is 0 Å². The van der Waals surface area contributed by atoms with E-state index in [0.29, 0.717) is 11.0 Å². The molecule has 0 fully saturated rings. The first-order chi connectivity index (χ1) is 13.0. The average Bonchev–Trinajstić information content (AvgIpc) is 3.18.